The van der Waals surface area contributed by atoms with E-state index in [1.165, 1.54) is 7.11 Å². The van der Waals surface area contributed by atoms with Crippen LogP contribution in [-0.4, -0.2) is 66.1 Å². The number of anilines is 1. The van der Waals surface area contributed by atoms with Crippen molar-refractivity contribution in [3.05, 3.63) is 29.3 Å². The number of hydrogen-bond donors (Lipinski definition) is 3. The molecular formula is C26H34N4O7. The van der Waals surface area contributed by atoms with Gasteiger partial charge in [-0.2, -0.15) is 0 Å². The molecular weight excluding hydrogens is 480 g/mol. The highest BCUT2D eigenvalue weighted by molar-refractivity contribution is 6.25. The van der Waals surface area contributed by atoms with Gasteiger partial charge in [0.1, 0.15) is 12.1 Å². The Labute approximate surface area is 215 Å². The molecule has 5 amide bonds. The maximum Gasteiger partial charge on any atom is 0.328 e. The molecule has 1 aromatic carbocycles. The minimum Gasteiger partial charge on any atom is -0.467 e. The predicted molar refractivity (Wildman–Crippen MR) is 133 cm³/mol. The van der Waals surface area contributed by atoms with Crippen molar-refractivity contribution in [2.24, 2.45) is 5.92 Å². The van der Waals surface area contributed by atoms with Crippen LogP contribution in [0.25, 0.3) is 0 Å². The van der Waals surface area contributed by atoms with Crippen LogP contribution in [0.15, 0.2) is 18.2 Å². The summed E-state index contributed by atoms with van der Waals surface area (Å²) in [4.78, 5) is 74.8. The number of imide groups is 2. The number of piperidine rings is 1. The van der Waals surface area contributed by atoms with E-state index in [1.54, 1.807) is 18.2 Å². The topological polar surface area (TPSA) is 151 Å². The largest absolute Gasteiger partial charge is 0.467 e. The third-order valence-electron chi connectivity index (χ3n) is 6.39. The standard InChI is InChI=1S/C26H34N4O7/c1-15(2)14-18(26(36)37-3)28-20(31)10-5-4-6-13-27-17-9-7-8-16-22(17)25(35)30(24(16)34)19-11-12-21(32)29-23(19)33/h7-9,15,18-19,27H,4-6,10-14H2,1-3H3,(H,28,31)(H,29,32,33)/t18-,19?/m0/s1. The van der Waals surface area contributed by atoms with E-state index in [1.807, 2.05) is 13.8 Å². The highest BCUT2D eigenvalue weighted by atomic mass is 16.5. The summed E-state index contributed by atoms with van der Waals surface area (Å²) < 4.78 is 4.77. The monoisotopic (exact) mass is 514 g/mol. The van der Waals surface area contributed by atoms with Crippen molar-refractivity contribution in [3.63, 3.8) is 0 Å². The van der Waals surface area contributed by atoms with Gasteiger partial charge in [0.2, 0.25) is 17.7 Å². The summed E-state index contributed by atoms with van der Waals surface area (Å²) in [6.07, 6.45) is 3.02. The zero-order chi connectivity index (χ0) is 27.1. The number of methoxy groups -OCH3 is 1. The van der Waals surface area contributed by atoms with Crippen LogP contribution >= 0.6 is 0 Å². The third kappa shape index (κ3) is 6.72. The summed E-state index contributed by atoms with van der Waals surface area (Å²) in [5.74, 6) is -2.60. The Kier molecular flexibility index (Phi) is 9.37. The van der Waals surface area contributed by atoms with Gasteiger partial charge in [-0.1, -0.05) is 26.3 Å². The fourth-order valence-electron chi connectivity index (χ4n) is 4.57. The van der Waals surface area contributed by atoms with Crippen LogP contribution in [0.2, 0.25) is 0 Å². The predicted octanol–water partition coefficient (Wildman–Crippen LogP) is 1.76. The Morgan fingerprint density at radius 1 is 1.11 bits per heavy atom. The minimum atomic E-state index is -1.01. The molecule has 37 heavy (non-hydrogen) atoms. The molecule has 0 radical (unpaired) electrons. The molecule has 200 valence electrons. The maximum absolute atomic E-state index is 13.1. The number of unbranched alkanes of at least 4 members (excludes halogenated alkanes) is 2. The smallest absolute Gasteiger partial charge is 0.328 e. The normalized spacial score (nSPS) is 17.9. The van der Waals surface area contributed by atoms with E-state index in [4.69, 9.17) is 4.74 Å². The first-order valence-electron chi connectivity index (χ1n) is 12.6. The number of carbonyl (C=O) groups is 6. The fourth-order valence-corrected chi connectivity index (χ4v) is 4.57. The molecule has 1 aromatic rings. The average Bonchev–Trinajstić information content (AvgIpc) is 3.10. The van der Waals surface area contributed by atoms with E-state index >= 15 is 0 Å². The van der Waals surface area contributed by atoms with E-state index in [9.17, 15) is 28.8 Å². The zero-order valence-electron chi connectivity index (χ0n) is 21.4. The number of nitrogens with zero attached hydrogens (tertiary/aromatic N) is 1. The van der Waals surface area contributed by atoms with Crippen molar-refractivity contribution in [2.45, 2.75) is 70.9 Å². The van der Waals surface area contributed by atoms with Crippen molar-refractivity contribution in [1.82, 2.24) is 15.5 Å². The Balaban J connectivity index is 1.48. The highest BCUT2D eigenvalue weighted by Gasteiger charge is 2.45. The first-order chi connectivity index (χ1) is 17.6. The van der Waals surface area contributed by atoms with E-state index in [0.717, 1.165) is 11.3 Å². The second-order valence-electron chi connectivity index (χ2n) is 9.69. The van der Waals surface area contributed by atoms with Gasteiger partial charge < -0.3 is 15.4 Å². The van der Waals surface area contributed by atoms with Crippen molar-refractivity contribution in [3.8, 4) is 0 Å². The van der Waals surface area contributed by atoms with Crippen LogP contribution in [0.5, 0.6) is 0 Å². The number of hydrogen-bond acceptors (Lipinski definition) is 8. The number of fused-ring (bicyclic) bond motifs is 1. The lowest BCUT2D eigenvalue weighted by molar-refractivity contribution is -0.145. The summed E-state index contributed by atoms with van der Waals surface area (Å²) in [6.45, 7) is 4.44. The van der Waals surface area contributed by atoms with E-state index in [0.29, 0.717) is 31.5 Å². The number of carbonyl (C=O) groups excluding carboxylic acids is 6. The van der Waals surface area contributed by atoms with Crippen molar-refractivity contribution >= 4 is 41.2 Å². The van der Waals surface area contributed by atoms with Gasteiger partial charge in [-0.05, 0) is 43.7 Å². The van der Waals surface area contributed by atoms with Crippen molar-refractivity contribution in [2.75, 3.05) is 19.0 Å². The van der Waals surface area contributed by atoms with Crippen LogP contribution in [0.4, 0.5) is 5.69 Å². The Bertz CT molecular complexity index is 1080. The van der Waals surface area contributed by atoms with Gasteiger partial charge in [-0.15, -0.1) is 0 Å². The average molecular weight is 515 g/mol. The molecule has 11 nitrogen and oxygen atoms in total. The molecule has 1 fully saturated rings. The Morgan fingerprint density at radius 3 is 2.54 bits per heavy atom. The lowest BCUT2D eigenvalue weighted by Crippen LogP contribution is -2.54. The molecule has 1 saturated heterocycles. The molecule has 2 heterocycles. The van der Waals surface area contributed by atoms with Gasteiger partial charge in [0.25, 0.3) is 11.8 Å². The Hall–Kier alpha value is -3.76. The highest BCUT2D eigenvalue weighted by Crippen LogP contribution is 2.32. The number of nitrogens with one attached hydrogen (secondary N) is 3. The number of amides is 5. The van der Waals surface area contributed by atoms with Gasteiger partial charge >= 0.3 is 5.97 Å². The van der Waals surface area contributed by atoms with Gasteiger partial charge in [0.15, 0.2) is 0 Å². The molecule has 0 bridgehead atoms. The van der Waals surface area contributed by atoms with Gasteiger partial charge in [0, 0.05) is 25.1 Å². The molecule has 3 rings (SSSR count). The van der Waals surface area contributed by atoms with Gasteiger partial charge in [-0.3, -0.25) is 34.2 Å². The van der Waals surface area contributed by atoms with Crippen LogP contribution in [0, 0.1) is 5.92 Å². The lowest BCUT2D eigenvalue weighted by atomic mass is 10.0. The molecule has 0 aromatic heterocycles. The van der Waals surface area contributed by atoms with Gasteiger partial charge in [0.05, 0.1) is 18.2 Å². The molecule has 0 spiro atoms. The van der Waals surface area contributed by atoms with E-state index in [-0.39, 0.29) is 42.2 Å². The zero-order valence-corrected chi connectivity index (χ0v) is 21.4. The van der Waals surface area contributed by atoms with Crippen LogP contribution in [0.1, 0.15) is 79.5 Å². The number of benzene rings is 1. The quantitative estimate of drug-likeness (QED) is 0.217. The van der Waals surface area contributed by atoms with E-state index in [2.05, 4.69) is 16.0 Å². The Morgan fingerprint density at radius 2 is 1.86 bits per heavy atom. The number of esters is 1. The molecule has 2 aliphatic heterocycles. The molecule has 1 unspecified atom stereocenters. The van der Waals surface area contributed by atoms with Crippen LogP contribution in [-0.2, 0) is 23.9 Å². The second-order valence-corrected chi connectivity index (χ2v) is 9.69. The minimum absolute atomic E-state index is 0.0635. The summed E-state index contributed by atoms with van der Waals surface area (Å²) in [5.41, 5.74) is 0.937. The molecule has 3 N–H and O–H groups in total. The molecule has 0 aliphatic carbocycles. The first kappa shape index (κ1) is 27.8. The fraction of sp³-hybridized carbons (Fsp3) is 0.538. The lowest BCUT2D eigenvalue weighted by Gasteiger charge is -2.27. The SMILES string of the molecule is COC(=O)[C@H](CC(C)C)NC(=O)CCCCCNc1cccc2c1C(=O)N(C1CCC(=O)NC1=O)C2=O. The summed E-state index contributed by atoms with van der Waals surface area (Å²) >= 11 is 0. The third-order valence-corrected chi connectivity index (χ3v) is 6.39. The second kappa shape index (κ2) is 12.5. The summed E-state index contributed by atoms with van der Waals surface area (Å²) in [7, 11) is 1.30. The molecule has 0 saturated carbocycles. The molecule has 11 heteroatoms. The number of ether oxygens (including phenoxy) is 1. The van der Waals surface area contributed by atoms with Crippen molar-refractivity contribution < 1.29 is 33.5 Å². The van der Waals surface area contributed by atoms with Crippen LogP contribution in [0.3, 0.4) is 0 Å². The molecule has 2 aliphatic rings. The van der Waals surface area contributed by atoms with Crippen LogP contribution < -0.4 is 16.0 Å². The number of rotatable bonds is 12. The molecule has 2 atom stereocenters. The first-order valence-corrected chi connectivity index (χ1v) is 12.6. The van der Waals surface area contributed by atoms with Gasteiger partial charge in [-0.25, -0.2) is 4.79 Å². The maximum atomic E-state index is 13.1. The summed E-state index contributed by atoms with van der Waals surface area (Å²) in [5, 5.41) is 8.11. The van der Waals surface area contributed by atoms with Crippen molar-refractivity contribution in [1.29, 1.82) is 0 Å². The van der Waals surface area contributed by atoms with E-state index < -0.39 is 41.7 Å². The summed E-state index contributed by atoms with van der Waals surface area (Å²) in [6, 6.07) is 3.25.